The number of hydrogen-bond acceptors (Lipinski definition) is 3. The van der Waals surface area contributed by atoms with E-state index in [9.17, 15) is 9.59 Å². The van der Waals surface area contributed by atoms with Crippen LogP contribution in [0, 0.1) is 5.92 Å². The molecule has 0 aliphatic carbocycles. The molecule has 1 saturated heterocycles. The normalized spacial score (nSPS) is 24.4. The Labute approximate surface area is 101 Å². The van der Waals surface area contributed by atoms with Crippen LogP contribution in [0.1, 0.15) is 11.3 Å². The van der Waals surface area contributed by atoms with Gasteiger partial charge in [0.2, 0.25) is 5.91 Å². The second-order valence-corrected chi connectivity index (χ2v) is 5.13. The van der Waals surface area contributed by atoms with Gasteiger partial charge in [-0.25, -0.2) is 0 Å². The highest BCUT2D eigenvalue weighted by Crippen LogP contribution is 2.27. The Morgan fingerprint density at radius 3 is 3.00 bits per heavy atom. The van der Waals surface area contributed by atoms with Crippen LogP contribution in [0.4, 0.5) is 0 Å². The van der Waals surface area contributed by atoms with Crippen LogP contribution in [0.5, 0.6) is 0 Å². The quantitative estimate of drug-likeness (QED) is 0.865. The Kier molecular flexibility index (Phi) is 3.16. The first-order chi connectivity index (χ1) is 7.58. The second-order valence-electron chi connectivity index (χ2n) is 3.72. The first-order valence-corrected chi connectivity index (χ1v) is 6.07. The summed E-state index contributed by atoms with van der Waals surface area (Å²) in [5, 5.41) is 14.1. The predicted molar refractivity (Wildman–Crippen MR) is 60.7 cm³/mol. The number of nitrogens with one attached hydrogen (secondary N) is 1. The molecule has 2 rings (SSSR count). The van der Waals surface area contributed by atoms with Crippen molar-refractivity contribution < 1.29 is 14.7 Å². The van der Waals surface area contributed by atoms with E-state index in [0.717, 1.165) is 4.88 Å². The van der Waals surface area contributed by atoms with Gasteiger partial charge in [-0.1, -0.05) is 11.6 Å². The number of thiophene rings is 1. The molecule has 2 atom stereocenters. The van der Waals surface area contributed by atoms with Gasteiger partial charge in [-0.2, -0.15) is 0 Å². The van der Waals surface area contributed by atoms with Crippen molar-refractivity contribution in [2.45, 2.75) is 18.9 Å². The van der Waals surface area contributed by atoms with Crippen molar-refractivity contribution in [3.8, 4) is 0 Å². The number of amides is 1. The molecule has 0 spiro atoms. The summed E-state index contributed by atoms with van der Waals surface area (Å²) in [7, 11) is 0. The van der Waals surface area contributed by atoms with Crippen molar-refractivity contribution in [1.29, 1.82) is 0 Å². The van der Waals surface area contributed by atoms with Crippen molar-refractivity contribution >= 4 is 34.8 Å². The van der Waals surface area contributed by atoms with Crippen LogP contribution in [0.3, 0.4) is 0 Å². The summed E-state index contributed by atoms with van der Waals surface area (Å²) in [5.41, 5.74) is 0. The van der Waals surface area contributed by atoms with Crippen LogP contribution < -0.4 is 5.32 Å². The van der Waals surface area contributed by atoms with Gasteiger partial charge in [0, 0.05) is 23.8 Å². The molecule has 6 heteroatoms. The van der Waals surface area contributed by atoms with E-state index in [2.05, 4.69) is 5.32 Å². The highest BCUT2D eigenvalue weighted by molar-refractivity contribution is 7.10. The lowest BCUT2D eigenvalue weighted by Crippen LogP contribution is -2.34. The summed E-state index contributed by atoms with van der Waals surface area (Å²) in [6, 6.07) is 1.43. The lowest BCUT2D eigenvalue weighted by molar-refractivity contribution is -0.142. The van der Waals surface area contributed by atoms with Gasteiger partial charge in [0.1, 0.15) is 0 Å². The third-order valence-corrected chi connectivity index (χ3v) is 4.06. The first-order valence-electron chi connectivity index (χ1n) is 4.82. The summed E-state index contributed by atoms with van der Waals surface area (Å²) in [5.74, 6) is -1.79. The zero-order chi connectivity index (χ0) is 11.7. The molecular formula is C10H10ClNO3S. The number of aliphatic carboxylic acids is 1. The highest BCUT2D eigenvalue weighted by Gasteiger charge is 2.37. The lowest BCUT2D eigenvalue weighted by atomic mass is 9.98. The largest absolute Gasteiger partial charge is 0.481 e. The van der Waals surface area contributed by atoms with Gasteiger partial charge in [0.05, 0.1) is 10.9 Å². The third-order valence-electron chi connectivity index (χ3n) is 2.65. The minimum Gasteiger partial charge on any atom is -0.481 e. The zero-order valence-electron chi connectivity index (χ0n) is 8.27. The molecule has 0 aromatic carbocycles. The maximum absolute atomic E-state index is 11.2. The number of carbonyl (C=O) groups excluding carboxylic acids is 1. The predicted octanol–water partition coefficient (Wildman–Crippen LogP) is 1.53. The molecule has 2 N–H and O–H groups in total. The maximum Gasteiger partial charge on any atom is 0.309 e. The van der Waals surface area contributed by atoms with E-state index in [1.807, 2.05) is 5.38 Å². The zero-order valence-corrected chi connectivity index (χ0v) is 9.85. The van der Waals surface area contributed by atoms with Crippen molar-refractivity contribution in [3.63, 3.8) is 0 Å². The summed E-state index contributed by atoms with van der Waals surface area (Å²) in [6.45, 7) is 0. The van der Waals surface area contributed by atoms with Gasteiger partial charge in [-0.3, -0.25) is 9.59 Å². The van der Waals surface area contributed by atoms with E-state index < -0.39 is 11.9 Å². The fraction of sp³-hybridized carbons (Fsp3) is 0.400. The van der Waals surface area contributed by atoms with Gasteiger partial charge >= 0.3 is 5.97 Å². The molecule has 4 nitrogen and oxygen atoms in total. The summed E-state index contributed by atoms with van der Waals surface area (Å²) in [6.07, 6.45) is 0.544. The van der Waals surface area contributed by atoms with Crippen LogP contribution in [0.15, 0.2) is 11.4 Å². The molecule has 1 aromatic heterocycles. The van der Waals surface area contributed by atoms with Crippen LogP contribution in [-0.2, 0) is 16.0 Å². The second kappa shape index (κ2) is 4.43. The van der Waals surface area contributed by atoms with Gasteiger partial charge in [-0.05, 0) is 11.4 Å². The molecule has 1 amide bonds. The van der Waals surface area contributed by atoms with Crippen molar-refractivity contribution in [1.82, 2.24) is 5.32 Å². The topological polar surface area (TPSA) is 66.4 Å². The Bertz CT molecular complexity index is 431. The molecule has 1 fully saturated rings. The molecule has 0 saturated carbocycles. The van der Waals surface area contributed by atoms with Gasteiger partial charge in [0.15, 0.2) is 0 Å². The van der Waals surface area contributed by atoms with Crippen LogP contribution in [0.2, 0.25) is 5.02 Å². The number of halogens is 1. The van der Waals surface area contributed by atoms with E-state index in [-0.39, 0.29) is 18.4 Å². The van der Waals surface area contributed by atoms with Crippen molar-refractivity contribution in [2.75, 3.05) is 0 Å². The van der Waals surface area contributed by atoms with Gasteiger partial charge < -0.3 is 10.4 Å². The minimum atomic E-state index is -0.934. The summed E-state index contributed by atoms with van der Waals surface area (Å²) >= 11 is 7.41. The Morgan fingerprint density at radius 1 is 1.69 bits per heavy atom. The average molecular weight is 260 g/mol. The van der Waals surface area contributed by atoms with Crippen molar-refractivity contribution in [2.24, 2.45) is 5.92 Å². The Balaban J connectivity index is 2.12. The molecule has 1 aliphatic heterocycles. The summed E-state index contributed by atoms with van der Waals surface area (Å²) < 4.78 is 0. The average Bonchev–Trinajstić information content (AvgIpc) is 2.75. The Hall–Kier alpha value is -1.07. The smallest absolute Gasteiger partial charge is 0.309 e. The number of carboxylic acid groups (broad SMARTS) is 1. The maximum atomic E-state index is 11.2. The molecule has 1 aromatic rings. The van der Waals surface area contributed by atoms with E-state index in [1.54, 1.807) is 6.07 Å². The van der Waals surface area contributed by atoms with Crippen LogP contribution in [0.25, 0.3) is 0 Å². The van der Waals surface area contributed by atoms with Crippen LogP contribution in [-0.4, -0.2) is 23.0 Å². The fourth-order valence-corrected chi connectivity index (χ4v) is 3.00. The number of carbonyl (C=O) groups is 2. The van der Waals surface area contributed by atoms with E-state index in [0.29, 0.717) is 11.4 Å². The molecule has 86 valence electrons. The fourth-order valence-electron chi connectivity index (χ4n) is 1.83. The van der Waals surface area contributed by atoms with E-state index >= 15 is 0 Å². The standard InChI is InChI=1S/C10H10ClNO3S/c11-6-1-2-16-8(6)4-7-5(10(14)15)3-9(13)12-7/h1-2,5,7H,3-4H2,(H,12,13)(H,14,15). The minimum absolute atomic E-state index is 0.0585. The van der Waals surface area contributed by atoms with E-state index in [4.69, 9.17) is 16.7 Å². The third kappa shape index (κ3) is 2.20. The van der Waals surface area contributed by atoms with E-state index in [1.165, 1.54) is 11.3 Å². The summed E-state index contributed by atoms with van der Waals surface area (Å²) in [4.78, 5) is 23.0. The van der Waals surface area contributed by atoms with Gasteiger partial charge in [0.25, 0.3) is 0 Å². The molecule has 0 bridgehead atoms. The SMILES string of the molecule is O=C1CC(C(=O)O)C(Cc2sccc2Cl)N1. The van der Waals surface area contributed by atoms with Crippen molar-refractivity contribution in [3.05, 3.63) is 21.3 Å². The molecule has 2 heterocycles. The molecule has 2 unspecified atom stereocenters. The van der Waals surface area contributed by atoms with Gasteiger partial charge in [-0.15, -0.1) is 11.3 Å². The lowest BCUT2D eigenvalue weighted by Gasteiger charge is -2.14. The number of hydrogen-bond donors (Lipinski definition) is 2. The Morgan fingerprint density at radius 2 is 2.44 bits per heavy atom. The monoisotopic (exact) mass is 259 g/mol. The number of carboxylic acids is 1. The van der Waals surface area contributed by atoms with Crippen LogP contribution >= 0.6 is 22.9 Å². The molecular weight excluding hydrogens is 250 g/mol. The molecule has 16 heavy (non-hydrogen) atoms. The first kappa shape index (κ1) is 11.4. The highest BCUT2D eigenvalue weighted by atomic mass is 35.5. The molecule has 0 radical (unpaired) electrons. The molecule has 1 aliphatic rings. The number of rotatable bonds is 3.